The lowest BCUT2D eigenvalue weighted by atomic mass is 10.4. The van der Waals surface area contributed by atoms with Gasteiger partial charge in [-0.1, -0.05) is 0 Å². The molecule has 1 aromatic rings. The molecule has 0 spiro atoms. The topological polar surface area (TPSA) is 63.8 Å². The average Bonchev–Trinajstić information content (AvgIpc) is 2.03. The normalized spacial score (nSPS) is 10.4. The highest BCUT2D eigenvalue weighted by molar-refractivity contribution is 5.34. The second kappa shape index (κ2) is 4.54. The van der Waals surface area contributed by atoms with Gasteiger partial charge in [0.25, 0.3) is 0 Å². The summed E-state index contributed by atoms with van der Waals surface area (Å²) in [6.45, 7) is 0.140. The number of nitrogens with zero attached hydrogens (tertiary/aromatic N) is 2. The minimum Gasteiger partial charge on any atom is -0.384 e. The zero-order valence-electron chi connectivity index (χ0n) is 6.87. The van der Waals surface area contributed by atoms with E-state index in [0.717, 1.165) is 0 Å². The third-order valence-corrected chi connectivity index (χ3v) is 1.32. The SMILES string of the molecule is Nc1ccnc(NCCC(F)F)n1. The van der Waals surface area contributed by atoms with Crippen LogP contribution in [0.25, 0.3) is 0 Å². The van der Waals surface area contributed by atoms with Crippen LogP contribution >= 0.6 is 0 Å². The molecule has 0 saturated carbocycles. The molecule has 6 heteroatoms. The number of anilines is 2. The van der Waals surface area contributed by atoms with Gasteiger partial charge in [0.05, 0.1) is 0 Å². The lowest BCUT2D eigenvalue weighted by Gasteiger charge is -2.03. The van der Waals surface area contributed by atoms with Crippen molar-refractivity contribution in [3.05, 3.63) is 12.3 Å². The van der Waals surface area contributed by atoms with Gasteiger partial charge in [-0.05, 0) is 6.07 Å². The maximum absolute atomic E-state index is 11.7. The zero-order valence-corrected chi connectivity index (χ0v) is 6.87. The smallest absolute Gasteiger partial charge is 0.240 e. The van der Waals surface area contributed by atoms with Gasteiger partial charge in [0.15, 0.2) is 0 Å². The maximum atomic E-state index is 11.7. The van der Waals surface area contributed by atoms with Crippen molar-refractivity contribution in [1.29, 1.82) is 0 Å². The van der Waals surface area contributed by atoms with Crippen LogP contribution in [0, 0.1) is 0 Å². The molecule has 0 aliphatic heterocycles. The van der Waals surface area contributed by atoms with E-state index in [-0.39, 0.29) is 18.9 Å². The van der Waals surface area contributed by atoms with E-state index in [2.05, 4.69) is 15.3 Å². The molecule has 72 valence electrons. The molecule has 0 amide bonds. The fourth-order valence-electron chi connectivity index (χ4n) is 0.751. The van der Waals surface area contributed by atoms with Crippen LogP contribution in [0.3, 0.4) is 0 Å². The molecule has 1 rings (SSSR count). The van der Waals surface area contributed by atoms with Crippen LogP contribution in [0.5, 0.6) is 0 Å². The van der Waals surface area contributed by atoms with Crippen molar-refractivity contribution in [2.75, 3.05) is 17.6 Å². The molecule has 0 atom stereocenters. The van der Waals surface area contributed by atoms with Gasteiger partial charge < -0.3 is 11.1 Å². The van der Waals surface area contributed by atoms with Crippen molar-refractivity contribution >= 4 is 11.8 Å². The Balaban J connectivity index is 2.37. The first-order valence-electron chi connectivity index (χ1n) is 3.79. The van der Waals surface area contributed by atoms with Crippen LogP contribution in [0.2, 0.25) is 0 Å². The molecule has 0 radical (unpaired) electrons. The molecular weight excluding hydrogens is 178 g/mol. The Labute approximate surface area is 74.2 Å². The minimum atomic E-state index is -2.31. The molecule has 0 bridgehead atoms. The van der Waals surface area contributed by atoms with Crippen LogP contribution in [0.4, 0.5) is 20.5 Å². The summed E-state index contributed by atoms with van der Waals surface area (Å²) in [6, 6.07) is 1.53. The van der Waals surface area contributed by atoms with Gasteiger partial charge in [-0.25, -0.2) is 13.8 Å². The monoisotopic (exact) mass is 188 g/mol. The van der Waals surface area contributed by atoms with Gasteiger partial charge in [0.2, 0.25) is 12.4 Å². The molecule has 1 aromatic heterocycles. The predicted octanol–water partition coefficient (Wildman–Crippen LogP) is 1.13. The van der Waals surface area contributed by atoms with Gasteiger partial charge in [-0.15, -0.1) is 0 Å². The van der Waals surface area contributed by atoms with Crippen molar-refractivity contribution in [1.82, 2.24) is 9.97 Å². The Morgan fingerprint density at radius 1 is 1.54 bits per heavy atom. The van der Waals surface area contributed by atoms with Crippen LogP contribution in [-0.4, -0.2) is 22.9 Å². The van der Waals surface area contributed by atoms with Gasteiger partial charge in [-0.2, -0.15) is 4.98 Å². The summed E-state index contributed by atoms with van der Waals surface area (Å²) in [4.78, 5) is 7.57. The van der Waals surface area contributed by atoms with Crippen molar-refractivity contribution in [2.45, 2.75) is 12.8 Å². The Kier molecular flexibility index (Phi) is 3.36. The van der Waals surface area contributed by atoms with E-state index in [1.807, 2.05) is 0 Å². The molecule has 0 aliphatic carbocycles. The number of hydrogen-bond donors (Lipinski definition) is 2. The largest absolute Gasteiger partial charge is 0.384 e. The number of nitrogen functional groups attached to an aromatic ring is 1. The number of aromatic nitrogens is 2. The maximum Gasteiger partial charge on any atom is 0.240 e. The molecule has 1 heterocycles. The summed E-state index contributed by atoms with van der Waals surface area (Å²) in [5, 5.41) is 2.63. The molecule has 3 N–H and O–H groups in total. The zero-order chi connectivity index (χ0) is 9.68. The number of nitrogens with one attached hydrogen (secondary N) is 1. The van der Waals surface area contributed by atoms with E-state index in [4.69, 9.17) is 5.73 Å². The van der Waals surface area contributed by atoms with E-state index in [0.29, 0.717) is 5.82 Å². The van der Waals surface area contributed by atoms with E-state index < -0.39 is 6.43 Å². The van der Waals surface area contributed by atoms with Gasteiger partial charge in [0.1, 0.15) is 5.82 Å². The van der Waals surface area contributed by atoms with Crippen molar-refractivity contribution < 1.29 is 8.78 Å². The predicted molar refractivity (Wildman–Crippen MR) is 45.6 cm³/mol. The third-order valence-electron chi connectivity index (χ3n) is 1.32. The first kappa shape index (κ1) is 9.63. The number of halogens is 2. The highest BCUT2D eigenvalue weighted by Crippen LogP contribution is 2.03. The van der Waals surface area contributed by atoms with Crippen LogP contribution in [0.1, 0.15) is 6.42 Å². The second-order valence-electron chi connectivity index (χ2n) is 2.41. The van der Waals surface area contributed by atoms with E-state index in [9.17, 15) is 8.78 Å². The molecular formula is C7H10F2N4. The van der Waals surface area contributed by atoms with Crippen LogP contribution in [-0.2, 0) is 0 Å². The van der Waals surface area contributed by atoms with Gasteiger partial charge >= 0.3 is 0 Å². The number of alkyl halides is 2. The Morgan fingerprint density at radius 3 is 2.92 bits per heavy atom. The first-order valence-corrected chi connectivity index (χ1v) is 3.79. The van der Waals surface area contributed by atoms with E-state index in [1.54, 1.807) is 0 Å². The summed E-state index contributed by atoms with van der Waals surface area (Å²) < 4.78 is 23.4. The van der Waals surface area contributed by atoms with Crippen molar-refractivity contribution in [3.63, 3.8) is 0 Å². The molecule has 0 fully saturated rings. The van der Waals surface area contributed by atoms with E-state index in [1.165, 1.54) is 12.3 Å². The first-order chi connectivity index (χ1) is 6.18. The number of rotatable bonds is 4. The second-order valence-corrected chi connectivity index (χ2v) is 2.41. The lowest BCUT2D eigenvalue weighted by Crippen LogP contribution is -2.09. The minimum absolute atomic E-state index is 0.140. The standard InChI is InChI=1S/C7H10F2N4/c8-5(9)1-3-11-7-12-4-2-6(10)13-7/h2,4-5H,1,3H2,(H3,10,11,12,13). The number of hydrogen-bond acceptors (Lipinski definition) is 4. The molecule has 0 saturated heterocycles. The molecule has 0 aliphatic rings. The third kappa shape index (κ3) is 3.64. The summed E-state index contributed by atoms with van der Waals surface area (Å²) in [6.07, 6.45) is -1.07. The fraction of sp³-hybridized carbons (Fsp3) is 0.429. The van der Waals surface area contributed by atoms with Crippen LogP contribution < -0.4 is 11.1 Å². The van der Waals surface area contributed by atoms with E-state index >= 15 is 0 Å². The Bertz CT molecular complexity index is 266. The molecule has 0 aromatic carbocycles. The fourth-order valence-corrected chi connectivity index (χ4v) is 0.751. The van der Waals surface area contributed by atoms with Crippen molar-refractivity contribution in [2.24, 2.45) is 0 Å². The summed E-state index contributed by atoms with van der Waals surface area (Å²) >= 11 is 0. The quantitative estimate of drug-likeness (QED) is 0.743. The van der Waals surface area contributed by atoms with Crippen LogP contribution in [0.15, 0.2) is 12.3 Å². The number of nitrogens with two attached hydrogens (primary N) is 1. The molecule has 0 unspecified atom stereocenters. The van der Waals surface area contributed by atoms with Gasteiger partial charge in [0, 0.05) is 19.2 Å². The lowest BCUT2D eigenvalue weighted by molar-refractivity contribution is 0.142. The Morgan fingerprint density at radius 2 is 2.31 bits per heavy atom. The summed E-state index contributed by atoms with van der Waals surface area (Å²) in [5.74, 6) is 0.593. The highest BCUT2D eigenvalue weighted by atomic mass is 19.3. The summed E-state index contributed by atoms with van der Waals surface area (Å²) in [7, 11) is 0. The average molecular weight is 188 g/mol. The highest BCUT2D eigenvalue weighted by Gasteiger charge is 2.02. The molecule has 4 nitrogen and oxygen atoms in total. The summed E-state index contributed by atoms with van der Waals surface area (Å²) in [5.41, 5.74) is 5.35. The van der Waals surface area contributed by atoms with Crippen molar-refractivity contribution in [3.8, 4) is 0 Å². The molecule has 13 heavy (non-hydrogen) atoms. The Hall–Kier alpha value is -1.46. The van der Waals surface area contributed by atoms with Gasteiger partial charge in [-0.3, -0.25) is 0 Å².